The largest absolute Gasteiger partial charge is 0.481 e. The fourth-order valence-corrected chi connectivity index (χ4v) is 2.83. The average Bonchev–Trinajstić information content (AvgIpc) is 2.96. The maximum absolute atomic E-state index is 12.2. The monoisotopic (exact) mass is 260 g/mol. The first-order valence-electron chi connectivity index (χ1n) is 6.15. The van der Waals surface area contributed by atoms with E-state index in [0.29, 0.717) is 24.8 Å². The molecule has 2 aliphatic rings. The Kier molecular flexibility index (Phi) is 2.58. The van der Waals surface area contributed by atoms with E-state index in [9.17, 15) is 14.4 Å². The van der Waals surface area contributed by atoms with E-state index in [1.165, 1.54) is 11.1 Å². The highest BCUT2D eigenvalue weighted by Gasteiger charge is 2.44. The van der Waals surface area contributed by atoms with Gasteiger partial charge in [-0.05, 0) is 31.4 Å². The van der Waals surface area contributed by atoms with Crippen molar-refractivity contribution in [2.45, 2.75) is 25.3 Å². The van der Waals surface area contributed by atoms with E-state index >= 15 is 0 Å². The van der Waals surface area contributed by atoms with Gasteiger partial charge in [-0.1, -0.05) is 0 Å². The Hall–Kier alpha value is -2.24. The summed E-state index contributed by atoms with van der Waals surface area (Å²) in [5, 5.41) is 8.98. The standard InChI is InChI=1S/C13H12N2O4/c16-11-9-2-1-5-14-10(9)12(17)15(11)8-4-3-7(6-8)13(18)19/h1-2,5,7-8H,3-4,6H2,(H,18,19). The van der Waals surface area contributed by atoms with Crippen molar-refractivity contribution in [1.82, 2.24) is 9.88 Å². The molecule has 1 N–H and O–H groups in total. The predicted octanol–water partition coefficient (Wildman–Crippen LogP) is 0.931. The second kappa shape index (κ2) is 4.15. The summed E-state index contributed by atoms with van der Waals surface area (Å²) in [6.07, 6.45) is 2.85. The third-order valence-electron chi connectivity index (χ3n) is 3.80. The normalized spacial score (nSPS) is 25.8. The molecule has 6 nitrogen and oxygen atoms in total. The molecule has 0 bridgehead atoms. The number of fused-ring (bicyclic) bond motifs is 1. The smallest absolute Gasteiger partial charge is 0.306 e. The van der Waals surface area contributed by atoms with Crippen LogP contribution in [0.1, 0.15) is 40.1 Å². The number of pyridine rings is 1. The number of carbonyl (C=O) groups is 3. The van der Waals surface area contributed by atoms with Crippen molar-refractivity contribution in [2.75, 3.05) is 0 Å². The van der Waals surface area contributed by atoms with Crippen LogP contribution in [0, 0.1) is 5.92 Å². The van der Waals surface area contributed by atoms with Crippen LogP contribution in [0.3, 0.4) is 0 Å². The summed E-state index contributed by atoms with van der Waals surface area (Å²) >= 11 is 0. The summed E-state index contributed by atoms with van der Waals surface area (Å²) in [5.41, 5.74) is 0.484. The lowest BCUT2D eigenvalue weighted by atomic mass is 10.1. The molecule has 1 aromatic heterocycles. The number of aromatic nitrogens is 1. The van der Waals surface area contributed by atoms with Crippen molar-refractivity contribution >= 4 is 17.8 Å². The molecule has 19 heavy (non-hydrogen) atoms. The quantitative estimate of drug-likeness (QED) is 0.799. The van der Waals surface area contributed by atoms with Crippen molar-refractivity contribution < 1.29 is 19.5 Å². The van der Waals surface area contributed by atoms with Crippen molar-refractivity contribution in [3.05, 3.63) is 29.6 Å². The minimum Gasteiger partial charge on any atom is -0.481 e. The molecule has 0 spiro atoms. The molecule has 2 amide bonds. The molecule has 0 aromatic carbocycles. The van der Waals surface area contributed by atoms with Gasteiger partial charge in [0.05, 0.1) is 11.5 Å². The van der Waals surface area contributed by atoms with Crippen LogP contribution < -0.4 is 0 Å². The number of carboxylic acid groups (broad SMARTS) is 1. The summed E-state index contributed by atoms with van der Waals surface area (Å²) in [7, 11) is 0. The van der Waals surface area contributed by atoms with Gasteiger partial charge < -0.3 is 5.11 Å². The lowest BCUT2D eigenvalue weighted by molar-refractivity contribution is -0.141. The van der Waals surface area contributed by atoms with E-state index in [1.807, 2.05) is 0 Å². The van der Waals surface area contributed by atoms with Crippen molar-refractivity contribution in [1.29, 1.82) is 0 Å². The van der Waals surface area contributed by atoms with Gasteiger partial charge in [-0.25, -0.2) is 0 Å². The average molecular weight is 260 g/mol. The summed E-state index contributed by atoms with van der Waals surface area (Å²) in [5.74, 6) is -2.10. The van der Waals surface area contributed by atoms with Crippen LogP contribution in [-0.2, 0) is 4.79 Å². The lowest BCUT2D eigenvalue weighted by Gasteiger charge is -2.21. The highest BCUT2D eigenvalue weighted by molar-refractivity contribution is 6.20. The summed E-state index contributed by atoms with van der Waals surface area (Å²) < 4.78 is 0. The zero-order valence-electron chi connectivity index (χ0n) is 10.1. The van der Waals surface area contributed by atoms with Crippen LogP contribution in [0.25, 0.3) is 0 Å². The third kappa shape index (κ3) is 1.71. The number of carbonyl (C=O) groups excluding carboxylic acids is 2. The van der Waals surface area contributed by atoms with E-state index in [0.717, 1.165) is 0 Å². The molecule has 1 saturated carbocycles. The number of nitrogens with zero attached hydrogens (tertiary/aromatic N) is 2. The maximum Gasteiger partial charge on any atom is 0.306 e. The molecule has 2 heterocycles. The van der Waals surface area contributed by atoms with Gasteiger partial charge in [0.2, 0.25) is 0 Å². The van der Waals surface area contributed by atoms with Gasteiger partial charge in [0, 0.05) is 12.2 Å². The molecule has 98 valence electrons. The lowest BCUT2D eigenvalue weighted by Crippen LogP contribution is -2.38. The summed E-state index contributed by atoms with van der Waals surface area (Å²) in [4.78, 5) is 40.4. The van der Waals surface area contributed by atoms with Crippen LogP contribution in [-0.4, -0.2) is 38.8 Å². The number of carboxylic acids is 1. The first-order chi connectivity index (χ1) is 9.09. The number of hydrogen-bond acceptors (Lipinski definition) is 4. The number of rotatable bonds is 2. The van der Waals surface area contributed by atoms with Gasteiger partial charge in [0.25, 0.3) is 11.8 Å². The molecule has 6 heteroatoms. The second-order valence-corrected chi connectivity index (χ2v) is 4.88. The van der Waals surface area contributed by atoms with Gasteiger partial charge in [0.15, 0.2) is 0 Å². The van der Waals surface area contributed by atoms with Gasteiger partial charge in [-0.3, -0.25) is 24.3 Å². The van der Waals surface area contributed by atoms with E-state index in [2.05, 4.69) is 4.98 Å². The van der Waals surface area contributed by atoms with E-state index in [-0.39, 0.29) is 17.6 Å². The molecule has 3 rings (SSSR count). The summed E-state index contributed by atoms with van der Waals surface area (Å²) in [6, 6.07) is 2.87. The Morgan fingerprint density at radius 1 is 1.32 bits per heavy atom. The molecule has 2 atom stereocenters. The van der Waals surface area contributed by atoms with Crippen LogP contribution in [0.5, 0.6) is 0 Å². The van der Waals surface area contributed by atoms with E-state index < -0.39 is 17.8 Å². The Morgan fingerprint density at radius 2 is 2.11 bits per heavy atom. The zero-order chi connectivity index (χ0) is 13.6. The Balaban J connectivity index is 1.87. The first kappa shape index (κ1) is 11.8. The fraction of sp³-hybridized carbons (Fsp3) is 0.385. The molecule has 1 aliphatic heterocycles. The van der Waals surface area contributed by atoms with E-state index in [1.54, 1.807) is 12.1 Å². The molecular weight excluding hydrogens is 248 g/mol. The molecule has 0 radical (unpaired) electrons. The minimum absolute atomic E-state index is 0.172. The number of hydrogen-bond donors (Lipinski definition) is 1. The van der Waals surface area contributed by atoms with Crippen molar-refractivity contribution in [3.8, 4) is 0 Å². The van der Waals surface area contributed by atoms with E-state index in [4.69, 9.17) is 5.11 Å². The van der Waals surface area contributed by atoms with Crippen molar-refractivity contribution in [3.63, 3.8) is 0 Å². The minimum atomic E-state index is -0.864. The highest BCUT2D eigenvalue weighted by Crippen LogP contribution is 2.34. The molecule has 0 saturated heterocycles. The summed E-state index contributed by atoms with van der Waals surface area (Å²) in [6.45, 7) is 0. The van der Waals surface area contributed by atoms with Gasteiger partial charge in [-0.15, -0.1) is 0 Å². The molecular formula is C13H12N2O4. The molecule has 1 fully saturated rings. The topological polar surface area (TPSA) is 87.6 Å². The SMILES string of the molecule is O=C(O)C1CCC(N2C(=O)c3cccnc3C2=O)C1. The Bertz CT molecular complexity index is 549. The predicted molar refractivity (Wildman–Crippen MR) is 63.5 cm³/mol. The highest BCUT2D eigenvalue weighted by atomic mass is 16.4. The van der Waals surface area contributed by atoms with Crippen molar-refractivity contribution in [2.24, 2.45) is 5.92 Å². The van der Waals surface area contributed by atoms with Gasteiger partial charge in [0.1, 0.15) is 5.69 Å². The van der Waals surface area contributed by atoms with Gasteiger partial charge in [-0.2, -0.15) is 0 Å². The van der Waals surface area contributed by atoms with Crippen LogP contribution in [0.15, 0.2) is 18.3 Å². The second-order valence-electron chi connectivity index (χ2n) is 4.88. The van der Waals surface area contributed by atoms with Crippen LogP contribution in [0.2, 0.25) is 0 Å². The number of imide groups is 1. The van der Waals surface area contributed by atoms with Gasteiger partial charge >= 0.3 is 5.97 Å². The molecule has 1 aliphatic carbocycles. The first-order valence-corrected chi connectivity index (χ1v) is 6.15. The maximum atomic E-state index is 12.2. The van der Waals surface area contributed by atoms with Crippen LogP contribution in [0.4, 0.5) is 0 Å². The molecule has 1 aromatic rings. The molecule has 2 unspecified atom stereocenters. The zero-order valence-corrected chi connectivity index (χ0v) is 10.1. The van der Waals surface area contributed by atoms with Crippen LogP contribution >= 0.6 is 0 Å². The fourth-order valence-electron chi connectivity index (χ4n) is 2.83. The number of amides is 2. The third-order valence-corrected chi connectivity index (χ3v) is 3.80. The Labute approximate surface area is 109 Å². The Morgan fingerprint density at radius 3 is 2.74 bits per heavy atom. The number of aliphatic carboxylic acids is 1.